The number of nitrogens with zero attached hydrogens (tertiary/aromatic N) is 3. The Morgan fingerprint density at radius 3 is 2.46 bits per heavy atom. The van der Waals surface area contributed by atoms with E-state index in [9.17, 15) is 32.3 Å². The fraction of sp³-hybridized carbons (Fsp3) is 0.250. The fourth-order valence-electron chi connectivity index (χ4n) is 3.87. The maximum Gasteiger partial charge on any atom is 0.419 e. The summed E-state index contributed by atoms with van der Waals surface area (Å²) in [5.74, 6) is -1.65. The van der Waals surface area contributed by atoms with Crippen molar-refractivity contribution in [2.75, 3.05) is 6.61 Å². The van der Waals surface area contributed by atoms with E-state index in [2.05, 4.69) is 0 Å². The molecule has 0 atom stereocenters. The molecule has 0 saturated carbocycles. The minimum atomic E-state index is -4.76. The number of fused-ring (bicyclic) bond motifs is 1. The van der Waals surface area contributed by atoms with Gasteiger partial charge >= 0.3 is 23.6 Å². The molecule has 2 aromatic carbocycles. The van der Waals surface area contributed by atoms with E-state index in [-0.39, 0.29) is 23.4 Å². The average molecular weight is 538 g/mol. The predicted molar refractivity (Wildman–Crippen MR) is 128 cm³/mol. The predicted octanol–water partition coefficient (Wildman–Crippen LogP) is 3.82. The normalized spacial score (nSPS) is 11.7. The lowest BCUT2D eigenvalue weighted by Crippen LogP contribution is -2.42. The number of esters is 1. The van der Waals surface area contributed by atoms with Crippen LogP contribution in [0.4, 0.5) is 13.2 Å². The number of rotatable bonds is 6. The molecule has 0 fully saturated rings. The van der Waals surface area contributed by atoms with Gasteiger partial charge in [0.2, 0.25) is 0 Å². The third kappa shape index (κ3) is 4.71. The molecule has 4 aromatic rings. The van der Waals surface area contributed by atoms with Crippen LogP contribution < -0.4 is 17.0 Å². The van der Waals surface area contributed by atoms with Gasteiger partial charge in [-0.05, 0) is 37.6 Å². The largest absolute Gasteiger partial charge is 0.462 e. The summed E-state index contributed by atoms with van der Waals surface area (Å²) in [6, 6.07) is 7.45. The molecule has 194 valence electrons. The van der Waals surface area contributed by atoms with Crippen LogP contribution in [0.15, 0.2) is 61.4 Å². The van der Waals surface area contributed by atoms with E-state index in [1.807, 2.05) is 0 Å². The maximum absolute atomic E-state index is 13.4. The number of benzene rings is 2. The van der Waals surface area contributed by atoms with Crippen molar-refractivity contribution < 1.29 is 27.1 Å². The van der Waals surface area contributed by atoms with Crippen LogP contribution in [0.2, 0.25) is 5.02 Å². The highest BCUT2D eigenvalue weighted by atomic mass is 35.5. The second-order valence-corrected chi connectivity index (χ2v) is 8.23. The minimum Gasteiger partial charge on any atom is -0.462 e. The lowest BCUT2D eigenvalue weighted by atomic mass is 10.1. The molecule has 4 rings (SSSR count). The van der Waals surface area contributed by atoms with Gasteiger partial charge in [0.1, 0.15) is 5.56 Å². The first kappa shape index (κ1) is 26.0. The van der Waals surface area contributed by atoms with Crippen molar-refractivity contribution in [3.05, 3.63) is 95.7 Å². The van der Waals surface area contributed by atoms with Gasteiger partial charge in [0.05, 0.1) is 34.9 Å². The van der Waals surface area contributed by atoms with Crippen LogP contribution in [-0.4, -0.2) is 26.3 Å². The fourth-order valence-corrected chi connectivity index (χ4v) is 4.16. The zero-order chi connectivity index (χ0) is 27.1. The van der Waals surface area contributed by atoms with E-state index >= 15 is 0 Å². The van der Waals surface area contributed by atoms with Crippen LogP contribution in [0.3, 0.4) is 0 Å². The summed E-state index contributed by atoms with van der Waals surface area (Å²) in [4.78, 5) is 51.1. The van der Waals surface area contributed by atoms with Crippen molar-refractivity contribution in [2.45, 2.75) is 33.1 Å². The summed E-state index contributed by atoms with van der Waals surface area (Å²) >= 11 is 5.97. The number of hydrogen-bond donors (Lipinski definition) is 0. The number of aryl methyl sites for hydroxylation is 1. The Morgan fingerprint density at radius 1 is 1.08 bits per heavy atom. The zero-order valence-electron chi connectivity index (χ0n) is 19.5. The molecule has 0 N–H and O–H groups in total. The maximum atomic E-state index is 13.4. The third-order valence-corrected chi connectivity index (χ3v) is 6.07. The summed E-state index contributed by atoms with van der Waals surface area (Å²) in [5.41, 5.74) is -3.14. The number of ether oxygens (including phenoxy) is 1. The lowest BCUT2D eigenvalue weighted by Gasteiger charge is -2.15. The number of aromatic nitrogens is 3. The second-order valence-electron chi connectivity index (χ2n) is 7.85. The quantitative estimate of drug-likeness (QED) is 0.346. The molecular formula is C24H19ClF3N3O6. The number of alkyl halides is 3. The molecular weight excluding hydrogens is 519 g/mol. The zero-order valence-corrected chi connectivity index (χ0v) is 20.2. The molecule has 0 bridgehead atoms. The van der Waals surface area contributed by atoms with E-state index in [4.69, 9.17) is 20.8 Å². The molecule has 0 aliphatic heterocycles. The number of carbonyl (C=O) groups is 1. The Bertz CT molecular complexity index is 1700. The van der Waals surface area contributed by atoms with E-state index in [0.717, 1.165) is 22.9 Å². The lowest BCUT2D eigenvalue weighted by molar-refractivity contribution is -0.137. The second kappa shape index (κ2) is 9.77. The summed E-state index contributed by atoms with van der Waals surface area (Å²) in [7, 11) is 0. The Kier molecular flexibility index (Phi) is 6.87. The molecule has 2 heterocycles. The summed E-state index contributed by atoms with van der Waals surface area (Å²) in [5, 5.41) is -0.682. The van der Waals surface area contributed by atoms with E-state index in [0.29, 0.717) is 16.6 Å². The summed E-state index contributed by atoms with van der Waals surface area (Å²) < 4.78 is 53.1. The molecule has 0 unspecified atom stereocenters. The highest BCUT2D eigenvalue weighted by Gasteiger charge is 2.34. The van der Waals surface area contributed by atoms with Crippen molar-refractivity contribution in [3.63, 3.8) is 0 Å². The van der Waals surface area contributed by atoms with E-state index < -0.39 is 51.8 Å². The van der Waals surface area contributed by atoms with Gasteiger partial charge in [0.25, 0.3) is 5.56 Å². The minimum absolute atomic E-state index is 0.0709. The molecule has 0 aliphatic carbocycles. The average Bonchev–Trinajstić information content (AvgIpc) is 3.16. The van der Waals surface area contributed by atoms with Gasteiger partial charge in [-0.25, -0.2) is 14.4 Å². The topological polar surface area (TPSA) is 105 Å². The molecule has 0 amide bonds. The first-order valence-electron chi connectivity index (χ1n) is 11.0. The molecule has 0 radical (unpaired) electrons. The van der Waals surface area contributed by atoms with Crippen LogP contribution >= 0.6 is 11.6 Å². The molecule has 37 heavy (non-hydrogen) atoms. The van der Waals surface area contributed by atoms with Gasteiger partial charge in [-0.1, -0.05) is 23.7 Å². The first-order valence-corrected chi connectivity index (χ1v) is 11.4. The van der Waals surface area contributed by atoms with Crippen LogP contribution in [0.5, 0.6) is 0 Å². The number of hydrogen-bond acceptors (Lipinski definition) is 6. The number of oxazole rings is 1. The highest BCUT2D eigenvalue weighted by Crippen LogP contribution is 2.36. The Balaban J connectivity index is 1.94. The van der Waals surface area contributed by atoms with Gasteiger partial charge in [-0.15, -0.1) is 0 Å². The smallest absolute Gasteiger partial charge is 0.419 e. The van der Waals surface area contributed by atoms with Crippen LogP contribution in [-0.2, 0) is 24.0 Å². The van der Waals surface area contributed by atoms with Crippen LogP contribution in [0.1, 0.15) is 35.3 Å². The summed E-state index contributed by atoms with van der Waals surface area (Å²) in [6.07, 6.45) is -3.79. The summed E-state index contributed by atoms with van der Waals surface area (Å²) in [6.45, 7) is 2.87. The van der Waals surface area contributed by atoms with Gasteiger partial charge < -0.3 is 9.15 Å². The van der Waals surface area contributed by atoms with Crippen molar-refractivity contribution in [2.24, 2.45) is 0 Å². The Labute approximate surface area is 210 Å². The first-order chi connectivity index (χ1) is 17.5. The monoisotopic (exact) mass is 537 g/mol. The highest BCUT2D eigenvalue weighted by molar-refractivity contribution is 6.32. The molecule has 0 saturated heterocycles. The third-order valence-electron chi connectivity index (χ3n) is 5.62. The van der Waals surface area contributed by atoms with Gasteiger partial charge in [0, 0.05) is 18.8 Å². The van der Waals surface area contributed by atoms with Gasteiger partial charge in [-0.2, -0.15) is 13.2 Å². The van der Waals surface area contributed by atoms with E-state index in [1.165, 1.54) is 35.8 Å². The van der Waals surface area contributed by atoms with Crippen molar-refractivity contribution in [1.29, 1.82) is 0 Å². The van der Waals surface area contributed by atoms with E-state index in [1.54, 1.807) is 6.92 Å². The molecule has 9 nitrogen and oxygen atoms in total. The SMILES string of the molecule is CCOC(=O)c1cn(-c2ccc3c(c2)oc(=O)n3CC)c(=O)n(Cc2cccc(C(F)(F)F)c2Cl)c1=O. The molecule has 13 heteroatoms. The van der Waals surface area contributed by atoms with Gasteiger partial charge in [-0.3, -0.25) is 18.5 Å². The van der Waals surface area contributed by atoms with Crippen molar-refractivity contribution >= 4 is 28.7 Å². The molecule has 0 aliphatic rings. The Morgan fingerprint density at radius 2 is 1.81 bits per heavy atom. The number of carbonyl (C=O) groups excluding carboxylic acids is 1. The van der Waals surface area contributed by atoms with Crippen molar-refractivity contribution in [3.8, 4) is 5.69 Å². The molecule has 2 aromatic heterocycles. The van der Waals surface area contributed by atoms with Crippen LogP contribution in [0, 0.1) is 0 Å². The molecule has 0 spiro atoms. The number of halogens is 4. The standard InChI is InChI=1S/C24H19ClF3N3O6/c1-3-29-17-9-8-14(10-18(17)37-23(29)35)30-12-15(21(33)36-4-2)20(32)31(22(30)34)11-13-6-5-7-16(19(13)25)24(26,27)28/h5-10,12H,3-4,11H2,1-2H3. The van der Waals surface area contributed by atoms with Crippen LogP contribution in [0.25, 0.3) is 16.8 Å². The Hall–Kier alpha value is -4.06. The van der Waals surface area contributed by atoms with Crippen molar-refractivity contribution in [1.82, 2.24) is 13.7 Å². The van der Waals surface area contributed by atoms with Gasteiger partial charge in [0.15, 0.2) is 5.58 Å².